The molecule has 17 nitrogen and oxygen atoms in total. The minimum absolute atomic E-state index is 0.0123. The number of unbranched alkanes of at least 4 members (excludes halogenated alkanes) is 3. The molecule has 0 aromatic heterocycles. The normalized spacial score (nSPS) is 10.9. The smallest absolute Gasteiger partial charge is 0.343 e. The number of hydrogen-bond acceptors (Lipinski definition) is 17. The van der Waals surface area contributed by atoms with Gasteiger partial charge in [0, 0.05) is 42.0 Å². The van der Waals surface area contributed by atoms with E-state index in [-0.39, 0.29) is 51.6 Å². The lowest BCUT2D eigenvalue weighted by Gasteiger charge is -2.19. The van der Waals surface area contributed by atoms with E-state index < -0.39 is 54.0 Å². The van der Waals surface area contributed by atoms with Gasteiger partial charge in [-0.15, -0.1) is 0 Å². The van der Waals surface area contributed by atoms with Crippen molar-refractivity contribution in [2.45, 2.75) is 84.3 Å². The molecule has 0 aliphatic rings. The lowest BCUT2D eigenvalue weighted by atomic mass is 10.1. The highest BCUT2D eigenvalue weighted by Gasteiger charge is 2.19. The van der Waals surface area contributed by atoms with Gasteiger partial charge >= 0.3 is 41.8 Å². The highest BCUT2D eigenvalue weighted by Crippen LogP contribution is 2.26. The van der Waals surface area contributed by atoms with Gasteiger partial charge in [-0.25, -0.2) is 28.8 Å². The molecular formula is C67H72O17. The summed E-state index contributed by atoms with van der Waals surface area (Å²) in [7, 11) is 0. The van der Waals surface area contributed by atoms with E-state index in [2.05, 4.69) is 69.3 Å². The van der Waals surface area contributed by atoms with Crippen LogP contribution in [0.2, 0.25) is 0 Å². The molecule has 0 saturated heterocycles. The molecule has 0 heterocycles. The van der Waals surface area contributed by atoms with Crippen LogP contribution in [-0.2, 0) is 65.2 Å². The van der Waals surface area contributed by atoms with Crippen molar-refractivity contribution in [1.82, 2.24) is 0 Å². The lowest BCUT2D eigenvalue weighted by Crippen LogP contribution is -2.30. The van der Waals surface area contributed by atoms with E-state index in [1.807, 2.05) is 31.2 Å². The van der Waals surface area contributed by atoms with Crippen molar-refractivity contribution in [2.24, 2.45) is 0 Å². The van der Waals surface area contributed by atoms with Crippen molar-refractivity contribution in [3.05, 3.63) is 205 Å². The zero-order valence-electron chi connectivity index (χ0n) is 47.8. The van der Waals surface area contributed by atoms with Gasteiger partial charge < -0.3 is 47.4 Å². The molecule has 17 heteroatoms. The number of rotatable bonds is 33. The molecule has 5 aromatic carbocycles. The van der Waals surface area contributed by atoms with Crippen LogP contribution >= 0.6 is 0 Å². The van der Waals surface area contributed by atoms with Crippen LogP contribution in [0.4, 0.5) is 0 Å². The van der Waals surface area contributed by atoms with E-state index in [1.165, 1.54) is 37.0 Å². The van der Waals surface area contributed by atoms with E-state index >= 15 is 0 Å². The first-order chi connectivity index (χ1) is 40.6. The van der Waals surface area contributed by atoms with Crippen molar-refractivity contribution < 1.29 is 80.9 Å². The molecule has 0 spiro atoms. The Kier molecular flexibility index (Phi) is 30.5. The molecule has 0 saturated carbocycles. The summed E-state index contributed by atoms with van der Waals surface area (Å²) in [6.45, 7) is 19.5. The maximum Gasteiger partial charge on any atom is 0.343 e. The van der Waals surface area contributed by atoms with Crippen LogP contribution < -0.4 is 18.9 Å². The molecule has 0 bridgehead atoms. The molecule has 0 aliphatic heterocycles. The maximum atomic E-state index is 12.9. The Morgan fingerprint density at radius 3 is 1.56 bits per heavy atom. The largest absolute Gasteiger partial charge is 0.490 e. The predicted octanol–water partition coefficient (Wildman–Crippen LogP) is 11.0. The Bertz CT molecular complexity index is 3020. The summed E-state index contributed by atoms with van der Waals surface area (Å²) in [6, 6.07) is 33.7. The molecule has 442 valence electrons. The number of carbonyl (C=O) groups is 7. The second-order valence-corrected chi connectivity index (χ2v) is 18.3. The summed E-state index contributed by atoms with van der Waals surface area (Å²) < 4.78 is 53.5. The van der Waals surface area contributed by atoms with Crippen LogP contribution in [0.1, 0.15) is 101 Å². The van der Waals surface area contributed by atoms with Gasteiger partial charge in [-0.1, -0.05) is 89.1 Å². The van der Waals surface area contributed by atoms with Crippen LogP contribution in [0.5, 0.6) is 23.0 Å². The Labute approximate surface area is 491 Å². The van der Waals surface area contributed by atoms with E-state index in [1.54, 1.807) is 61.5 Å². The van der Waals surface area contributed by atoms with Crippen LogP contribution in [0.15, 0.2) is 166 Å². The molecule has 0 radical (unpaired) electrons. The first kappa shape index (κ1) is 67.0. The first-order valence-electron chi connectivity index (χ1n) is 27.3. The number of hydrogen-bond donors (Lipinski definition) is 0. The van der Waals surface area contributed by atoms with Gasteiger partial charge in [0.25, 0.3) is 0 Å². The van der Waals surface area contributed by atoms with Crippen molar-refractivity contribution in [3.8, 4) is 34.8 Å². The third-order valence-corrected chi connectivity index (χ3v) is 11.8. The first-order valence-corrected chi connectivity index (χ1v) is 27.3. The quantitative estimate of drug-likeness (QED) is 0.00954. The standard InChI is InChI=1S/C39H42O12.C28H30O5/c1-5-28-10-12-29(13-11-28)38(43)50-32-18-19-34(27(4)24-32)51-39(44)30-14-16-31(17-15-30)48-26-33(49-37(42)20-23-47-36(41)7-3)25-45-21-8-9-22-46-35(40)6-2;1-4-7-8-9-22-10-12-23(13-11-22)14-15-24-16-18-25(19-17-24)31-20-26(33-28(30)6-3)21-32-27(29)5-2/h6-7,10-19,24,33H,2-3,5,8-9,20-23,25-26H2,1,4H3;5-6,10-13,16-19,26H,2-4,7-9,20-21H2,1H3. The third kappa shape index (κ3) is 26.4. The Morgan fingerprint density at radius 2 is 0.988 bits per heavy atom. The van der Waals surface area contributed by atoms with Crippen LogP contribution in [-0.4, -0.2) is 100 Å². The van der Waals surface area contributed by atoms with Gasteiger partial charge in [0.2, 0.25) is 0 Å². The number of esters is 7. The number of ether oxygens (including phenoxy) is 10. The Balaban J connectivity index is 0.000000395. The second kappa shape index (κ2) is 38.2. The molecule has 0 aliphatic carbocycles. The summed E-state index contributed by atoms with van der Waals surface area (Å²) >= 11 is 0. The molecule has 0 fully saturated rings. The Hall–Kier alpha value is -9.53. The molecule has 0 N–H and O–H groups in total. The van der Waals surface area contributed by atoms with Gasteiger partial charge in [-0.3, -0.25) is 4.79 Å². The average molecular weight is 1150 g/mol. The molecule has 0 amide bonds. The molecule has 2 unspecified atom stereocenters. The van der Waals surface area contributed by atoms with Gasteiger partial charge in [0.15, 0.2) is 12.2 Å². The third-order valence-electron chi connectivity index (χ3n) is 11.8. The predicted molar refractivity (Wildman–Crippen MR) is 315 cm³/mol. The van der Waals surface area contributed by atoms with Gasteiger partial charge in [0.1, 0.15) is 49.4 Å². The summed E-state index contributed by atoms with van der Waals surface area (Å²) in [5.74, 6) is 3.78. The summed E-state index contributed by atoms with van der Waals surface area (Å²) in [4.78, 5) is 82.9. The van der Waals surface area contributed by atoms with Gasteiger partial charge in [-0.05, 0) is 147 Å². The van der Waals surface area contributed by atoms with E-state index in [0.717, 1.165) is 53.8 Å². The highest BCUT2D eigenvalue weighted by atomic mass is 16.6. The fourth-order valence-electron chi connectivity index (χ4n) is 7.15. The number of aryl methyl sites for hydroxylation is 3. The average Bonchev–Trinajstić information content (AvgIpc) is 3.61. The monoisotopic (exact) mass is 1150 g/mol. The number of benzene rings is 5. The van der Waals surface area contributed by atoms with Crippen LogP contribution in [0.3, 0.4) is 0 Å². The zero-order valence-corrected chi connectivity index (χ0v) is 47.8. The van der Waals surface area contributed by atoms with E-state index in [0.29, 0.717) is 53.6 Å². The molecule has 84 heavy (non-hydrogen) atoms. The minimum Gasteiger partial charge on any atom is -0.490 e. The van der Waals surface area contributed by atoms with E-state index in [4.69, 9.17) is 47.4 Å². The maximum absolute atomic E-state index is 12.9. The zero-order chi connectivity index (χ0) is 60.9. The van der Waals surface area contributed by atoms with Crippen molar-refractivity contribution >= 4 is 41.8 Å². The minimum atomic E-state index is -0.803. The summed E-state index contributed by atoms with van der Waals surface area (Å²) in [5, 5.41) is 0. The molecular weight excluding hydrogens is 1080 g/mol. The van der Waals surface area contributed by atoms with Gasteiger partial charge in [0.05, 0.1) is 30.8 Å². The van der Waals surface area contributed by atoms with E-state index in [9.17, 15) is 33.6 Å². The van der Waals surface area contributed by atoms with Crippen molar-refractivity contribution in [3.63, 3.8) is 0 Å². The fourth-order valence-corrected chi connectivity index (χ4v) is 7.15. The lowest BCUT2D eigenvalue weighted by molar-refractivity contribution is -0.156. The molecule has 5 rings (SSSR count). The van der Waals surface area contributed by atoms with Crippen LogP contribution in [0.25, 0.3) is 0 Å². The van der Waals surface area contributed by atoms with Crippen molar-refractivity contribution in [1.29, 1.82) is 0 Å². The molecule has 5 aromatic rings. The van der Waals surface area contributed by atoms with Gasteiger partial charge in [-0.2, -0.15) is 0 Å². The SMILES string of the molecule is C=CC(=O)OCC(COc1ccc(C#Cc2ccc(CCCCC)cc2)cc1)OC(=O)C=C.C=CC(=O)OCCCCOCC(COc1ccc(C(=O)Oc2ccc(OC(=O)c3ccc(CC)cc3)cc2C)cc1)OC(=O)CCOC(=O)C=C. The summed E-state index contributed by atoms with van der Waals surface area (Å²) in [5.41, 5.74) is 5.55. The van der Waals surface area contributed by atoms with Crippen LogP contribution in [0, 0.1) is 18.8 Å². The number of carbonyl (C=O) groups excluding carboxylic acids is 7. The topological polar surface area (TPSA) is 212 Å². The molecule has 2 atom stereocenters. The second-order valence-electron chi connectivity index (χ2n) is 18.3. The fraction of sp³-hybridized carbons (Fsp3) is 0.299. The Morgan fingerprint density at radius 1 is 0.488 bits per heavy atom. The van der Waals surface area contributed by atoms with Crippen molar-refractivity contribution in [2.75, 3.05) is 46.2 Å². The summed E-state index contributed by atoms with van der Waals surface area (Å²) in [6.07, 6.45) is 9.22. The highest BCUT2D eigenvalue weighted by molar-refractivity contribution is 5.92.